The molecule has 0 aromatic heterocycles. The molecule has 0 aliphatic rings. The fourth-order valence-corrected chi connectivity index (χ4v) is 6.45. The van der Waals surface area contributed by atoms with Crippen molar-refractivity contribution in [1.82, 2.24) is 0 Å². The summed E-state index contributed by atoms with van der Waals surface area (Å²) in [4.78, 5) is 37.8. The molecule has 0 aromatic carbocycles. The van der Waals surface area contributed by atoms with E-state index in [1.807, 2.05) is 30.4 Å². The SMILES string of the molecule is CC\C=C/C=C\C=C/C=C\CCCCCCCC(=O)OCC(COC(=O)CCCCCCCCCCCCCC)OC(=O)CC/C=C\C/C=C\CCCCCCCC. The smallest absolute Gasteiger partial charge is 0.306 e. The van der Waals surface area contributed by atoms with Gasteiger partial charge in [-0.1, -0.05) is 216 Å². The molecule has 6 nitrogen and oxygen atoms in total. The molecule has 0 aliphatic carbocycles. The molecule has 58 heavy (non-hydrogen) atoms. The van der Waals surface area contributed by atoms with Gasteiger partial charge in [0.05, 0.1) is 0 Å². The summed E-state index contributed by atoms with van der Waals surface area (Å²) in [5, 5.41) is 0. The Morgan fingerprint density at radius 2 is 0.776 bits per heavy atom. The van der Waals surface area contributed by atoms with E-state index in [-0.39, 0.29) is 37.5 Å². The third-order valence-corrected chi connectivity index (χ3v) is 10.1. The van der Waals surface area contributed by atoms with Gasteiger partial charge < -0.3 is 14.2 Å². The van der Waals surface area contributed by atoms with Gasteiger partial charge in [0, 0.05) is 19.3 Å². The zero-order valence-corrected chi connectivity index (χ0v) is 37.8. The first-order valence-electron chi connectivity index (χ1n) is 24.0. The van der Waals surface area contributed by atoms with Gasteiger partial charge in [-0.05, 0) is 57.8 Å². The summed E-state index contributed by atoms with van der Waals surface area (Å²) in [5.41, 5.74) is 0. The summed E-state index contributed by atoms with van der Waals surface area (Å²) in [7, 11) is 0. The molecular weight excluding hydrogens is 721 g/mol. The zero-order chi connectivity index (χ0) is 42.3. The molecule has 0 fully saturated rings. The summed E-state index contributed by atoms with van der Waals surface area (Å²) in [6, 6.07) is 0. The fraction of sp³-hybridized carbons (Fsp3) is 0.712. The van der Waals surface area contributed by atoms with E-state index in [9.17, 15) is 14.4 Å². The third-order valence-electron chi connectivity index (χ3n) is 10.1. The molecule has 1 atom stereocenters. The zero-order valence-electron chi connectivity index (χ0n) is 37.8. The van der Waals surface area contributed by atoms with Crippen LogP contribution in [0.15, 0.2) is 72.9 Å². The minimum atomic E-state index is -0.812. The normalized spacial score (nSPS) is 12.7. The van der Waals surface area contributed by atoms with Gasteiger partial charge in [0.1, 0.15) is 13.2 Å². The Morgan fingerprint density at radius 1 is 0.379 bits per heavy atom. The summed E-state index contributed by atoms with van der Waals surface area (Å²) < 4.78 is 16.7. The maximum atomic E-state index is 12.7. The Morgan fingerprint density at radius 3 is 1.26 bits per heavy atom. The number of rotatable bonds is 42. The predicted molar refractivity (Wildman–Crippen MR) is 247 cm³/mol. The van der Waals surface area contributed by atoms with Gasteiger partial charge in [-0.2, -0.15) is 0 Å². The third kappa shape index (κ3) is 44.0. The van der Waals surface area contributed by atoms with Crippen LogP contribution in [-0.4, -0.2) is 37.2 Å². The molecule has 6 heteroatoms. The maximum Gasteiger partial charge on any atom is 0.306 e. The quantitative estimate of drug-likeness (QED) is 0.0201. The molecule has 0 heterocycles. The average molecular weight is 809 g/mol. The summed E-state index contributed by atoms with van der Waals surface area (Å²) in [6.45, 7) is 6.41. The number of hydrogen-bond donors (Lipinski definition) is 0. The van der Waals surface area contributed by atoms with Crippen LogP contribution in [0.4, 0.5) is 0 Å². The standard InChI is InChI=1S/C52H88O6/c1-4-7-10-13-16-19-22-25-26-28-30-33-36-39-42-45-51(54)57-48-49(47-56-50(53)44-41-38-35-32-29-24-21-18-15-12-9-6-3)58-52(55)46-43-40-37-34-31-27-23-20-17-14-11-8-5-2/h7,10,13,16,19,22,25-27,31,37,40,49H,4-6,8-9,11-12,14-15,17-18,20-21,23-24,28-30,32-36,38-39,41-48H2,1-3H3/b10-7-,16-13-,22-19-,26-25-,31-27-,40-37-. The van der Waals surface area contributed by atoms with Crippen LogP contribution in [0.3, 0.4) is 0 Å². The first-order chi connectivity index (χ1) is 28.5. The van der Waals surface area contributed by atoms with Crippen molar-refractivity contribution < 1.29 is 28.6 Å². The lowest BCUT2D eigenvalue weighted by Gasteiger charge is -2.18. The van der Waals surface area contributed by atoms with Crippen LogP contribution in [-0.2, 0) is 28.6 Å². The van der Waals surface area contributed by atoms with Gasteiger partial charge in [0.15, 0.2) is 6.10 Å². The van der Waals surface area contributed by atoms with Crippen LogP contribution in [0.2, 0.25) is 0 Å². The molecule has 1 unspecified atom stereocenters. The second-order valence-corrected chi connectivity index (χ2v) is 15.7. The highest BCUT2D eigenvalue weighted by Gasteiger charge is 2.19. The molecule has 0 bridgehead atoms. The van der Waals surface area contributed by atoms with Gasteiger partial charge in [0.2, 0.25) is 0 Å². The largest absolute Gasteiger partial charge is 0.462 e. The molecule has 0 amide bonds. The lowest BCUT2D eigenvalue weighted by Crippen LogP contribution is -2.30. The predicted octanol–water partition coefficient (Wildman–Crippen LogP) is 15.5. The Bertz CT molecular complexity index is 1110. The molecular formula is C52H88O6. The molecule has 0 spiro atoms. The maximum absolute atomic E-state index is 12.7. The van der Waals surface area contributed by atoms with Gasteiger partial charge >= 0.3 is 17.9 Å². The van der Waals surface area contributed by atoms with Crippen molar-refractivity contribution >= 4 is 17.9 Å². The number of ether oxygens (including phenoxy) is 3. The monoisotopic (exact) mass is 809 g/mol. The molecule has 0 N–H and O–H groups in total. The number of unbranched alkanes of at least 4 members (excludes halogenated alkanes) is 22. The lowest BCUT2D eigenvalue weighted by molar-refractivity contribution is -0.166. The van der Waals surface area contributed by atoms with Gasteiger partial charge in [-0.25, -0.2) is 0 Å². The summed E-state index contributed by atoms with van der Waals surface area (Å²) in [5.74, 6) is -0.999. The minimum absolute atomic E-state index is 0.105. The number of carbonyl (C=O) groups is 3. The molecule has 0 rings (SSSR count). The highest BCUT2D eigenvalue weighted by atomic mass is 16.6. The number of allylic oxidation sites excluding steroid dienone is 12. The van der Waals surface area contributed by atoms with Crippen molar-refractivity contribution in [2.24, 2.45) is 0 Å². The molecule has 0 saturated heterocycles. The van der Waals surface area contributed by atoms with Crippen molar-refractivity contribution in [1.29, 1.82) is 0 Å². The van der Waals surface area contributed by atoms with Gasteiger partial charge in [-0.3, -0.25) is 14.4 Å². The Labute approximate surface area is 357 Å². The van der Waals surface area contributed by atoms with E-state index in [0.717, 1.165) is 77.0 Å². The lowest BCUT2D eigenvalue weighted by atomic mass is 10.0. The summed E-state index contributed by atoms with van der Waals surface area (Å²) >= 11 is 0. The first-order valence-corrected chi connectivity index (χ1v) is 24.0. The average Bonchev–Trinajstić information content (AvgIpc) is 3.22. The second kappa shape index (κ2) is 46.5. The van der Waals surface area contributed by atoms with Crippen molar-refractivity contribution in [2.75, 3.05) is 13.2 Å². The van der Waals surface area contributed by atoms with E-state index in [2.05, 4.69) is 63.3 Å². The van der Waals surface area contributed by atoms with E-state index < -0.39 is 6.10 Å². The van der Waals surface area contributed by atoms with Crippen molar-refractivity contribution in [3.63, 3.8) is 0 Å². The fourth-order valence-electron chi connectivity index (χ4n) is 6.45. The van der Waals surface area contributed by atoms with Crippen LogP contribution < -0.4 is 0 Å². The Balaban J connectivity index is 4.49. The first kappa shape index (κ1) is 54.9. The minimum Gasteiger partial charge on any atom is -0.462 e. The molecule has 0 saturated carbocycles. The van der Waals surface area contributed by atoms with E-state index in [1.165, 1.54) is 96.3 Å². The van der Waals surface area contributed by atoms with Crippen molar-refractivity contribution in [3.05, 3.63) is 72.9 Å². The summed E-state index contributed by atoms with van der Waals surface area (Å²) in [6.07, 6.45) is 57.5. The Hall–Kier alpha value is -3.15. The van der Waals surface area contributed by atoms with E-state index >= 15 is 0 Å². The van der Waals surface area contributed by atoms with Crippen LogP contribution in [0.5, 0.6) is 0 Å². The molecule has 0 radical (unpaired) electrons. The number of hydrogen-bond acceptors (Lipinski definition) is 6. The van der Waals surface area contributed by atoms with Crippen LogP contribution in [0.25, 0.3) is 0 Å². The van der Waals surface area contributed by atoms with E-state index in [4.69, 9.17) is 14.2 Å². The molecule has 332 valence electrons. The molecule has 0 aliphatic heterocycles. The Kier molecular flexibility index (Phi) is 44.0. The number of esters is 3. The van der Waals surface area contributed by atoms with Gasteiger partial charge in [-0.15, -0.1) is 0 Å². The van der Waals surface area contributed by atoms with Crippen molar-refractivity contribution in [2.45, 2.75) is 226 Å². The topological polar surface area (TPSA) is 78.9 Å². The second-order valence-electron chi connectivity index (χ2n) is 15.7. The molecule has 0 aromatic rings. The highest BCUT2D eigenvalue weighted by Crippen LogP contribution is 2.14. The highest BCUT2D eigenvalue weighted by molar-refractivity contribution is 5.71. The van der Waals surface area contributed by atoms with Crippen molar-refractivity contribution in [3.8, 4) is 0 Å². The van der Waals surface area contributed by atoms with Gasteiger partial charge in [0.25, 0.3) is 0 Å². The van der Waals surface area contributed by atoms with Crippen LogP contribution in [0.1, 0.15) is 220 Å². The van der Waals surface area contributed by atoms with Crippen LogP contribution >= 0.6 is 0 Å². The van der Waals surface area contributed by atoms with E-state index in [1.54, 1.807) is 0 Å². The van der Waals surface area contributed by atoms with Crippen LogP contribution in [0, 0.1) is 0 Å². The van der Waals surface area contributed by atoms with E-state index in [0.29, 0.717) is 19.3 Å². The number of carbonyl (C=O) groups excluding carboxylic acids is 3.